The molecule has 0 aromatic heterocycles. The summed E-state index contributed by atoms with van der Waals surface area (Å²) in [7, 11) is 3.45. The highest BCUT2D eigenvalue weighted by molar-refractivity contribution is 8.15. The van der Waals surface area contributed by atoms with Gasteiger partial charge in [0.25, 0.3) is 11.1 Å². The Morgan fingerprint density at radius 2 is 1.45 bits per heavy atom. The second-order valence-corrected chi connectivity index (χ2v) is 11.3. The summed E-state index contributed by atoms with van der Waals surface area (Å²) in [4.78, 5) is 38.2. The van der Waals surface area contributed by atoms with Crippen molar-refractivity contribution in [2.24, 2.45) is 0 Å². The molecule has 0 aliphatic carbocycles. The van der Waals surface area contributed by atoms with Crippen molar-refractivity contribution >= 4 is 28.8 Å². The molecule has 7 nitrogen and oxygen atoms in total. The van der Waals surface area contributed by atoms with Crippen LogP contribution in [0.3, 0.4) is 0 Å². The fourth-order valence-electron chi connectivity index (χ4n) is 4.78. The number of rotatable bonds is 11. The Morgan fingerprint density at radius 3 is 2.10 bits per heavy atom. The Balaban J connectivity index is 1.19. The maximum Gasteiger partial charge on any atom is 0.286 e. The average Bonchev–Trinajstić information content (AvgIpc) is 3.33. The van der Waals surface area contributed by atoms with Gasteiger partial charge in [-0.15, -0.1) is 0 Å². The lowest BCUT2D eigenvalue weighted by atomic mass is 10.00. The molecule has 1 atom stereocenters. The Kier molecular flexibility index (Phi) is 9.36. The summed E-state index contributed by atoms with van der Waals surface area (Å²) < 4.78 is 10.6. The van der Waals surface area contributed by atoms with Crippen LogP contribution in [-0.4, -0.2) is 54.6 Å². The van der Waals surface area contributed by atoms with Crippen molar-refractivity contribution in [3.05, 3.63) is 114 Å². The molecule has 1 fully saturated rings. The average molecular weight is 581 g/mol. The fraction of sp³-hybridized carbons (Fsp3) is 0.206. The molecule has 1 aliphatic rings. The largest absolute Gasteiger partial charge is 0.491 e. The third kappa shape index (κ3) is 7.26. The summed E-state index contributed by atoms with van der Waals surface area (Å²) in [5.74, 6) is 0.509. The van der Waals surface area contributed by atoms with Crippen molar-refractivity contribution in [3.63, 3.8) is 0 Å². The zero-order chi connectivity index (χ0) is 29.5. The van der Waals surface area contributed by atoms with Gasteiger partial charge in [-0.3, -0.25) is 19.7 Å². The lowest BCUT2D eigenvalue weighted by molar-refractivity contribution is -0.118. The van der Waals surface area contributed by atoms with Crippen LogP contribution in [0, 0.1) is 0 Å². The molecule has 0 bridgehead atoms. The first kappa shape index (κ1) is 29.1. The van der Waals surface area contributed by atoms with Crippen LogP contribution >= 0.6 is 11.8 Å². The van der Waals surface area contributed by atoms with Gasteiger partial charge >= 0.3 is 0 Å². The number of thioether (sulfide) groups is 1. The second-order valence-electron chi connectivity index (χ2n) is 10.1. The van der Waals surface area contributed by atoms with Crippen LogP contribution in [0.1, 0.15) is 21.5 Å². The summed E-state index contributed by atoms with van der Waals surface area (Å²) >= 11 is 1.04. The van der Waals surface area contributed by atoms with Crippen molar-refractivity contribution < 1.29 is 23.9 Å². The molecule has 214 valence electrons. The van der Waals surface area contributed by atoms with Crippen molar-refractivity contribution in [3.8, 4) is 28.0 Å². The van der Waals surface area contributed by atoms with E-state index in [1.807, 2.05) is 98.0 Å². The molecule has 4 aromatic rings. The number of hydrogen-bond acceptors (Lipinski definition) is 6. The number of benzene rings is 4. The van der Waals surface area contributed by atoms with Crippen LogP contribution in [0.4, 0.5) is 4.79 Å². The second kappa shape index (κ2) is 13.5. The van der Waals surface area contributed by atoms with Gasteiger partial charge < -0.3 is 14.4 Å². The number of nitrogens with zero attached hydrogens (tertiary/aromatic N) is 1. The van der Waals surface area contributed by atoms with Gasteiger partial charge in [0.05, 0.1) is 11.9 Å². The Hall–Kier alpha value is -4.40. The number of methoxy groups -OCH3 is 1. The van der Waals surface area contributed by atoms with Gasteiger partial charge in [-0.25, -0.2) is 0 Å². The number of carbonyl (C=O) groups excluding carboxylic acids is 3. The molecule has 4 aromatic carbocycles. The van der Waals surface area contributed by atoms with E-state index < -0.39 is 0 Å². The van der Waals surface area contributed by atoms with Crippen molar-refractivity contribution in [2.45, 2.75) is 18.2 Å². The van der Waals surface area contributed by atoms with Gasteiger partial charge in [0.15, 0.2) is 0 Å². The van der Waals surface area contributed by atoms with Crippen LogP contribution in [0.25, 0.3) is 22.3 Å². The van der Waals surface area contributed by atoms with E-state index in [9.17, 15) is 14.4 Å². The predicted molar refractivity (Wildman–Crippen MR) is 166 cm³/mol. The number of hydrogen-bond donors (Lipinski definition) is 1. The molecule has 1 heterocycles. The van der Waals surface area contributed by atoms with Gasteiger partial charge in [0.1, 0.15) is 12.4 Å². The Bertz CT molecular complexity index is 1550. The Morgan fingerprint density at radius 1 is 0.810 bits per heavy atom. The zero-order valence-corrected chi connectivity index (χ0v) is 24.4. The molecule has 0 saturated carbocycles. The SMILES string of the molecule is COCCOc1ccc(-c2ccc(C(=O)N(C)Cc3cccc(-c4ccc(CC5SC(=O)NC5=O)cc4)c3)cc2)cc1. The van der Waals surface area contributed by atoms with E-state index in [4.69, 9.17) is 9.47 Å². The minimum Gasteiger partial charge on any atom is -0.491 e. The molecule has 8 heteroatoms. The summed E-state index contributed by atoms with van der Waals surface area (Å²) in [5.41, 5.74) is 6.80. The number of imide groups is 1. The van der Waals surface area contributed by atoms with Crippen LogP contribution in [-0.2, 0) is 22.5 Å². The number of nitrogens with one attached hydrogen (secondary N) is 1. The van der Waals surface area contributed by atoms with Crippen LogP contribution in [0.5, 0.6) is 5.75 Å². The summed E-state index contributed by atoms with van der Waals surface area (Å²) in [5, 5.41) is 1.66. The predicted octanol–water partition coefficient (Wildman–Crippen LogP) is 6.21. The molecule has 0 spiro atoms. The van der Waals surface area contributed by atoms with Gasteiger partial charge in [0.2, 0.25) is 5.91 Å². The smallest absolute Gasteiger partial charge is 0.286 e. The van der Waals surface area contributed by atoms with E-state index in [0.29, 0.717) is 31.7 Å². The van der Waals surface area contributed by atoms with E-state index >= 15 is 0 Å². The van der Waals surface area contributed by atoms with E-state index in [1.54, 1.807) is 12.0 Å². The van der Waals surface area contributed by atoms with Crippen LogP contribution in [0.15, 0.2) is 97.1 Å². The first-order chi connectivity index (χ1) is 20.4. The fourth-order valence-corrected chi connectivity index (χ4v) is 5.64. The normalized spacial score (nSPS) is 14.5. The molecule has 1 unspecified atom stereocenters. The topological polar surface area (TPSA) is 84.9 Å². The molecule has 1 N–H and O–H groups in total. The minimum absolute atomic E-state index is 0.0505. The van der Waals surface area contributed by atoms with Gasteiger partial charge in [-0.05, 0) is 70.1 Å². The maximum absolute atomic E-state index is 13.2. The van der Waals surface area contributed by atoms with E-state index in [1.165, 1.54) is 0 Å². The van der Waals surface area contributed by atoms with Gasteiger partial charge in [-0.1, -0.05) is 78.5 Å². The molecule has 3 amide bonds. The number of amides is 3. The molecule has 5 rings (SSSR count). The number of carbonyl (C=O) groups is 3. The summed E-state index contributed by atoms with van der Waals surface area (Å²) in [6.07, 6.45) is 0.507. The third-order valence-corrected chi connectivity index (χ3v) is 8.03. The van der Waals surface area contributed by atoms with Gasteiger partial charge in [-0.2, -0.15) is 0 Å². The van der Waals surface area contributed by atoms with Crippen LogP contribution in [0.2, 0.25) is 0 Å². The van der Waals surface area contributed by atoms with Crippen LogP contribution < -0.4 is 10.1 Å². The summed E-state index contributed by atoms with van der Waals surface area (Å²) in [6, 6.07) is 31.6. The monoisotopic (exact) mass is 580 g/mol. The standard InChI is InChI=1S/C34H32N2O5S/c1-36(33(38)28-12-10-25(11-13-28)26-14-16-30(17-15-26)41-19-18-40-2)22-24-4-3-5-29(20-24)27-8-6-23(7-9-27)21-31-32(37)35-34(39)42-31/h3-17,20,31H,18-19,21-22H2,1-2H3,(H,35,37,39). The lowest BCUT2D eigenvalue weighted by Gasteiger charge is -2.18. The van der Waals surface area contributed by atoms with Gasteiger partial charge in [0, 0.05) is 26.3 Å². The summed E-state index contributed by atoms with van der Waals surface area (Å²) in [6.45, 7) is 1.52. The molecule has 1 saturated heterocycles. The molecular formula is C34H32N2O5S. The van der Waals surface area contributed by atoms with Crippen molar-refractivity contribution in [1.29, 1.82) is 0 Å². The maximum atomic E-state index is 13.2. The highest BCUT2D eigenvalue weighted by atomic mass is 32.2. The Labute approximate surface area is 249 Å². The van der Waals surface area contributed by atoms with Crippen molar-refractivity contribution in [1.82, 2.24) is 10.2 Å². The lowest BCUT2D eigenvalue weighted by Crippen LogP contribution is -2.26. The highest BCUT2D eigenvalue weighted by Gasteiger charge is 2.31. The molecular weight excluding hydrogens is 548 g/mol. The first-order valence-corrected chi connectivity index (χ1v) is 14.5. The molecule has 42 heavy (non-hydrogen) atoms. The molecule has 0 radical (unpaired) electrons. The van der Waals surface area contributed by atoms with E-state index in [-0.39, 0.29) is 22.3 Å². The minimum atomic E-state index is -0.381. The van der Waals surface area contributed by atoms with Crippen molar-refractivity contribution in [2.75, 3.05) is 27.4 Å². The zero-order valence-electron chi connectivity index (χ0n) is 23.5. The highest BCUT2D eigenvalue weighted by Crippen LogP contribution is 2.27. The first-order valence-electron chi connectivity index (χ1n) is 13.7. The quantitative estimate of drug-likeness (QED) is 0.212. The third-order valence-electron chi connectivity index (χ3n) is 7.04. The van der Waals surface area contributed by atoms with E-state index in [2.05, 4.69) is 11.4 Å². The number of ether oxygens (including phenoxy) is 2. The van der Waals surface area contributed by atoms with E-state index in [0.717, 1.165) is 50.9 Å². The molecule has 1 aliphatic heterocycles.